The topological polar surface area (TPSA) is 60.2 Å². The van der Waals surface area contributed by atoms with E-state index in [0.717, 1.165) is 11.4 Å². The van der Waals surface area contributed by atoms with E-state index in [2.05, 4.69) is 0 Å². The van der Waals surface area contributed by atoms with Crippen LogP contribution in [0.25, 0.3) is 0 Å². The highest BCUT2D eigenvalue weighted by Crippen LogP contribution is 2.70. The quantitative estimate of drug-likeness (QED) is 0.468. The Morgan fingerprint density at radius 1 is 1.29 bits per heavy atom. The standard InChI is InChI=1S/C6H4Cl2NO3PS/c7-13(8,12)14-6-3-1-5(2-4-6)9(10)11/h1-4H. The van der Waals surface area contributed by atoms with E-state index in [1.54, 1.807) is 0 Å². The molecule has 0 unspecified atom stereocenters. The van der Waals surface area contributed by atoms with E-state index in [0.29, 0.717) is 4.90 Å². The molecule has 4 nitrogen and oxygen atoms in total. The summed E-state index contributed by atoms with van der Waals surface area (Å²) in [5.74, 6) is 0. The van der Waals surface area contributed by atoms with Gasteiger partial charge in [0.2, 0.25) is 0 Å². The van der Waals surface area contributed by atoms with E-state index >= 15 is 0 Å². The number of nitrogens with zero attached hydrogens (tertiary/aromatic N) is 1. The number of hydrogen-bond donors (Lipinski definition) is 0. The molecular weight excluding hydrogens is 268 g/mol. The fraction of sp³-hybridized carbons (Fsp3) is 0. The minimum Gasteiger partial charge on any atom is -0.277 e. The summed E-state index contributed by atoms with van der Waals surface area (Å²) >= 11 is 11.4. The Labute approximate surface area is 93.4 Å². The maximum Gasteiger partial charge on any atom is 0.311 e. The summed E-state index contributed by atoms with van der Waals surface area (Å²) in [6.07, 6.45) is 0. The minimum absolute atomic E-state index is 0.0340. The van der Waals surface area contributed by atoms with E-state index < -0.39 is 9.97 Å². The predicted molar refractivity (Wildman–Crippen MR) is 58.3 cm³/mol. The van der Waals surface area contributed by atoms with Gasteiger partial charge in [-0.05, 0) is 46.0 Å². The molecule has 0 saturated carbocycles. The monoisotopic (exact) mass is 271 g/mol. The third kappa shape index (κ3) is 3.88. The van der Waals surface area contributed by atoms with E-state index in [-0.39, 0.29) is 5.69 Å². The molecule has 1 aromatic carbocycles. The van der Waals surface area contributed by atoms with Gasteiger partial charge >= 0.3 is 5.05 Å². The first-order chi connectivity index (χ1) is 6.38. The number of non-ortho nitro benzene ring substituents is 1. The molecule has 1 aromatic rings. The first-order valence-electron chi connectivity index (χ1n) is 3.32. The highest BCUT2D eigenvalue weighted by Gasteiger charge is 2.16. The van der Waals surface area contributed by atoms with Crippen LogP contribution in [0.1, 0.15) is 0 Å². The maximum absolute atomic E-state index is 11.0. The molecule has 0 bridgehead atoms. The smallest absolute Gasteiger partial charge is 0.277 e. The predicted octanol–water partition coefficient (Wildman–Crippen LogP) is 4.27. The Morgan fingerprint density at radius 2 is 1.79 bits per heavy atom. The number of nitro groups is 1. The van der Waals surface area contributed by atoms with Gasteiger partial charge in [0.15, 0.2) is 0 Å². The fourth-order valence-electron chi connectivity index (χ4n) is 0.751. The third-order valence-corrected chi connectivity index (χ3v) is 4.47. The second-order valence-corrected chi connectivity index (χ2v) is 10.4. The van der Waals surface area contributed by atoms with Crippen LogP contribution in [0.3, 0.4) is 0 Å². The second kappa shape index (κ2) is 4.53. The molecule has 0 amide bonds. The Bertz CT molecular complexity index is 391. The molecule has 0 fully saturated rings. The molecule has 0 atom stereocenters. The SMILES string of the molecule is O=[N+]([O-])c1ccc(SP(=O)(Cl)Cl)cc1. The van der Waals surface area contributed by atoms with Crippen molar-refractivity contribution in [3.05, 3.63) is 34.4 Å². The molecule has 0 saturated heterocycles. The fourth-order valence-corrected chi connectivity index (χ4v) is 3.79. The maximum atomic E-state index is 11.0. The van der Waals surface area contributed by atoms with Gasteiger partial charge in [0, 0.05) is 17.0 Å². The van der Waals surface area contributed by atoms with Gasteiger partial charge in [-0.1, -0.05) is 0 Å². The van der Waals surface area contributed by atoms with Crippen molar-refractivity contribution in [3.8, 4) is 0 Å². The molecule has 0 N–H and O–H groups in total. The lowest BCUT2D eigenvalue weighted by atomic mass is 10.3. The van der Waals surface area contributed by atoms with E-state index in [4.69, 9.17) is 22.5 Å². The van der Waals surface area contributed by atoms with Gasteiger partial charge in [0.25, 0.3) is 5.69 Å². The summed E-state index contributed by atoms with van der Waals surface area (Å²) in [6, 6.07) is 5.48. The van der Waals surface area contributed by atoms with Gasteiger partial charge in [-0.15, -0.1) is 0 Å². The Kier molecular flexibility index (Phi) is 3.84. The van der Waals surface area contributed by atoms with Gasteiger partial charge in [0.05, 0.1) is 4.92 Å². The first kappa shape index (κ1) is 11.9. The summed E-state index contributed by atoms with van der Waals surface area (Å²) in [4.78, 5) is 10.3. The third-order valence-electron chi connectivity index (χ3n) is 1.26. The molecule has 0 aromatic heterocycles. The number of halogens is 2. The van der Waals surface area contributed by atoms with Crippen molar-refractivity contribution in [1.82, 2.24) is 0 Å². The molecule has 1 rings (SSSR count). The summed E-state index contributed by atoms with van der Waals surface area (Å²) in [7, 11) is 0. The lowest BCUT2D eigenvalue weighted by molar-refractivity contribution is -0.384. The molecule has 14 heavy (non-hydrogen) atoms. The normalized spacial score (nSPS) is 11.3. The van der Waals surface area contributed by atoms with Gasteiger partial charge in [-0.25, -0.2) is 0 Å². The average molecular weight is 272 g/mol. The number of rotatable bonds is 3. The van der Waals surface area contributed by atoms with Gasteiger partial charge in [-0.2, -0.15) is 0 Å². The Hall–Kier alpha value is -0.220. The molecule has 0 aliphatic rings. The van der Waals surface area contributed by atoms with Crippen LogP contribution in [0.15, 0.2) is 29.2 Å². The van der Waals surface area contributed by atoms with Crippen LogP contribution in [-0.2, 0) is 4.57 Å². The van der Waals surface area contributed by atoms with E-state index in [1.807, 2.05) is 0 Å². The van der Waals surface area contributed by atoms with E-state index in [9.17, 15) is 14.7 Å². The molecule has 0 aliphatic heterocycles. The van der Waals surface area contributed by atoms with Gasteiger partial charge in [-0.3, -0.25) is 14.7 Å². The molecule has 0 radical (unpaired) electrons. The molecule has 0 aliphatic carbocycles. The van der Waals surface area contributed by atoms with Crippen LogP contribution in [0.5, 0.6) is 0 Å². The van der Waals surface area contributed by atoms with Gasteiger partial charge < -0.3 is 0 Å². The zero-order chi connectivity index (χ0) is 10.8. The van der Waals surface area contributed by atoms with Crippen molar-refractivity contribution in [2.75, 3.05) is 0 Å². The van der Waals surface area contributed by atoms with Crippen LogP contribution in [0.2, 0.25) is 0 Å². The minimum atomic E-state index is -3.24. The number of benzene rings is 1. The van der Waals surface area contributed by atoms with Crippen molar-refractivity contribution in [1.29, 1.82) is 0 Å². The van der Waals surface area contributed by atoms with Gasteiger partial charge in [0.1, 0.15) is 0 Å². The van der Waals surface area contributed by atoms with Crippen LogP contribution >= 0.6 is 38.9 Å². The zero-order valence-corrected chi connectivity index (χ0v) is 9.82. The summed E-state index contributed by atoms with van der Waals surface area (Å²) in [5.41, 5.74) is -0.0340. The summed E-state index contributed by atoms with van der Waals surface area (Å²) in [5, 5.41) is 7.05. The Balaban J connectivity index is 2.84. The van der Waals surface area contributed by atoms with Crippen molar-refractivity contribution in [3.63, 3.8) is 0 Å². The van der Waals surface area contributed by atoms with E-state index in [1.165, 1.54) is 24.3 Å². The van der Waals surface area contributed by atoms with Crippen LogP contribution in [0.4, 0.5) is 5.69 Å². The summed E-state index contributed by atoms with van der Waals surface area (Å²) in [6.45, 7) is 0. The van der Waals surface area contributed by atoms with Crippen LogP contribution < -0.4 is 0 Å². The Morgan fingerprint density at radius 3 is 2.14 bits per heavy atom. The highest BCUT2D eigenvalue weighted by molar-refractivity contribution is 8.72. The summed E-state index contributed by atoms with van der Waals surface area (Å²) < 4.78 is 11.0. The highest BCUT2D eigenvalue weighted by atomic mass is 35.9. The molecular formula is C6H4Cl2NO3PS. The number of nitro benzene ring substituents is 1. The lowest BCUT2D eigenvalue weighted by Crippen LogP contribution is -1.85. The van der Waals surface area contributed by atoms with Crippen molar-refractivity contribution in [2.45, 2.75) is 4.90 Å². The van der Waals surface area contributed by atoms with Crippen molar-refractivity contribution >= 4 is 44.6 Å². The number of hydrogen-bond acceptors (Lipinski definition) is 4. The van der Waals surface area contributed by atoms with Crippen molar-refractivity contribution in [2.24, 2.45) is 0 Å². The van der Waals surface area contributed by atoms with Crippen LogP contribution in [0, 0.1) is 10.1 Å². The second-order valence-electron chi connectivity index (χ2n) is 2.26. The first-order valence-corrected chi connectivity index (χ1v) is 8.26. The zero-order valence-electron chi connectivity index (χ0n) is 6.59. The largest absolute Gasteiger partial charge is 0.311 e. The lowest BCUT2D eigenvalue weighted by Gasteiger charge is -2.00. The average Bonchev–Trinajstić information content (AvgIpc) is 2.02. The van der Waals surface area contributed by atoms with Crippen LogP contribution in [-0.4, -0.2) is 4.92 Å². The molecule has 0 spiro atoms. The molecule has 76 valence electrons. The molecule has 0 heterocycles. The molecule has 8 heteroatoms. The van der Waals surface area contributed by atoms with Crippen molar-refractivity contribution < 1.29 is 9.49 Å².